The monoisotopic (exact) mass is 221 g/mol. The van der Waals surface area contributed by atoms with Crippen molar-refractivity contribution in [2.75, 3.05) is 6.61 Å². The molecule has 4 heteroatoms. The first-order chi connectivity index (χ1) is 7.66. The number of hydrogen-bond donors (Lipinski definition) is 1. The lowest BCUT2D eigenvalue weighted by atomic mass is 10.2. The molecule has 1 atom stereocenters. The molecule has 0 spiro atoms. The number of carbonyl (C=O) groups excluding carboxylic acids is 1. The summed E-state index contributed by atoms with van der Waals surface area (Å²) in [4.78, 5) is 11.7. The van der Waals surface area contributed by atoms with Crippen LogP contribution in [0.3, 0.4) is 0 Å². The Morgan fingerprint density at radius 2 is 2.06 bits per heavy atom. The van der Waals surface area contributed by atoms with E-state index in [1.54, 1.807) is 6.07 Å². The van der Waals surface area contributed by atoms with E-state index in [0.717, 1.165) is 0 Å². The molecule has 1 aromatic carbocycles. The van der Waals surface area contributed by atoms with Crippen molar-refractivity contribution in [2.45, 2.75) is 26.0 Å². The zero-order chi connectivity index (χ0) is 11.5. The highest BCUT2D eigenvalue weighted by molar-refractivity contribution is 5.82. The summed E-state index contributed by atoms with van der Waals surface area (Å²) in [7, 11) is 0. The Hall–Kier alpha value is -1.71. The van der Waals surface area contributed by atoms with E-state index in [-0.39, 0.29) is 18.6 Å². The predicted molar refractivity (Wildman–Crippen MR) is 59.6 cm³/mol. The summed E-state index contributed by atoms with van der Waals surface area (Å²) < 4.78 is 11.0. The molecule has 0 radical (unpaired) electrons. The normalized spacial score (nSPS) is 18.3. The standard InChI is InChI=1S/C12H15NO3/c1-8(2)13-12(14)11-7-15-9-5-3-4-6-10(9)16-11/h3-6,8,11H,7H2,1-2H3,(H,13,14)/t11-/m0/s1. The Kier molecular flexibility index (Phi) is 2.99. The van der Waals surface area contributed by atoms with Gasteiger partial charge in [-0.2, -0.15) is 0 Å². The number of para-hydroxylation sites is 2. The molecule has 4 nitrogen and oxygen atoms in total. The summed E-state index contributed by atoms with van der Waals surface area (Å²) in [6.45, 7) is 4.08. The Bertz CT molecular complexity index is 390. The molecule has 0 unspecified atom stereocenters. The molecular formula is C12H15NO3. The van der Waals surface area contributed by atoms with Crippen molar-refractivity contribution in [3.63, 3.8) is 0 Å². The van der Waals surface area contributed by atoms with E-state index in [1.807, 2.05) is 32.0 Å². The Morgan fingerprint density at radius 1 is 1.38 bits per heavy atom. The van der Waals surface area contributed by atoms with Gasteiger partial charge in [-0.05, 0) is 26.0 Å². The van der Waals surface area contributed by atoms with Crippen LogP contribution in [-0.2, 0) is 4.79 Å². The summed E-state index contributed by atoms with van der Waals surface area (Å²) in [6, 6.07) is 7.45. The van der Waals surface area contributed by atoms with E-state index in [2.05, 4.69) is 5.32 Å². The van der Waals surface area contributed by atoms with Gasteiger partial charge in [0, 0.05) is 6.04 Å². The van der Waals surface area contributed by atoms with Gasteiger partial charge in [0.2, 0.25) is 6.10 Å². The summed E-state index contributed by atoms with van der Waals surface area (Å²) in [6.07, 6.45) is -0.558. The summed E-state index contributed by atoms with van der Waals surface area (Å²) in [5.74, 6) is 1.18. The second-order valence-electron chi connectivity index (χ2n) is 4.03. The number of ether oxygens (including phenoxy) is 2. The fraction of sp³-hybridized carbons (Fsp3) is 0.417. The number of amides is 1. The topological polar surface area (TPSA) is 47.6 Å². The van der Waals surface area contributed by atoms with Gasteiger partial charge >= 0.3 is 0 Å². The molecule has 16 heavy (non-hydrogen) atoms. The predicted octanol–water partition coefficient (Wildman–Crippen LogP) is 1.35. The van der Waals surface area contributed by atoms with Gasteiger partial charge in [-0.1, -0.05) is 12.1 Å². The van der Waals surface area contributed by atoms with E-state index >= 15 is 0 Å². The lowest BCUT2D eigenvalue weighted by Gasteiger charge is -2.26. The van der Waals surface area contributed by atoms with Crippen molar-refractivity contribution in [3.05, 3.63) is 24.3 Å². The first-order valence-corrected chi connectivity index (χ1v) is 5.35. The molecule has 0 aromatic heterocycles. The molecule has 1 heterocycles. The minimum atomic E-state index is -0.558. The third kappa shape index (κ3) is 2.27. The Balaban J connectivity index is 2.05. The highest BCUT2D eigenvalue weighted by Crippen LogP contribution is 2.30. The molecule has 1 aromatic rings. The van der Waals surface area contributed by atoms with Crippen LogP contribution >= 0.6 is 0 Å². The first-order valence-electron chi connectivity index (χ1n) is 5.35. The summed E-state index contributed by atoms with van der Waals surface area (Å²) >= 11 is 0. The molecule has 0 fully saturated rings. The molecule has 0 bridgehead atoms. The molecular weight excluding hydrogens is 206 g/mol. The van der Waals surface area contributed by atoms with Crippen molar-refractivity contribution >= 4 is 5.91 Å². The molecule has 1 aliphatic heterocycles. The maximum Gasteiger partial charge on any atom is 0.264 e. The van der Waals surface area contributed by atoms with Crippen LogP contribution in [-0.4, -0.2) is 24.7 Å². The van der Waals surface area contributed by atoms with Gasteiger partial charge < -0.3 is 14.8 Å². The van der Waals surface area contributed by atoms with Crippen LogP contribution in [0.15, 0.2) is 24.3 Å². The third-order valence-corrected chi connectivity index (χ3v) is 2.23. The largest absolute Gasteiger partial charge is 0.485 e. The van der Waals surface area contributed by atoms with Crippen LogP contribution in [0.5, 0.6) is 11.5 Å². The van der Waals surface area contributed by atoms with E-state index < -0.39 is 6.10 Å². The maximum absolute atomic E-state index is 11.7. The summed E-state index contributed by atoms with van der Waals surface area (Å²) in [5.41, 5.74) is 0. The van der Waals surface area contributed by atoms with Gasteiger partial charge in [0.25, 0.3) is 5.91 Å². The maximum atomic E-state index is 11.7. The average molecular weight is 221 g/mol. The lowest BCUT2D eigenvalue weighted by Crippen LogP contribution is -2.46. The number of carbonyl (C=O) groups is 1. The van der Waals surface area contributed by atoms with E-state index in [0.29, 0.717) is 11.5 Å². The van der Waals surface area contributed by atoms with Crippen molar-refractivity contribution < 1.29 is 14.3 Å². The molecule has 1 amide bonds. The zero-order valence-electron chi connectivity index (χ0n) is 9.40. The van der Waals surface area contributed by atoms with Gasteiger partial charge in [0.1, 0.15) is 6.61 Å². The zero-order valence-corrected chi connectivity index (χ0v) is 9.40. The molecule has 1 N–H and O–H groups in total. The molecule has 86 valence electrons. The number of fused-ring (bicyclic) bond motifs is 1. The number of nitrogens with one attached hydrogen (secondary N) is 1. The van der Waals surface area contributed by atoms with Crippen molar-refractivity contribution in [2.24, 2.45) is 0 Å². The number of hydrogen-bond acceptors (Lipinski definition) is 3. The fourth-order valence-electron chi connectivity index (χ4n) is 1.53. The van der Waals surface area contributed by atoms with Gasteiger partial charge in [0.05, 0.1) is 0 Å². The molecule has 2 rings (SSSR count). The number of benzene rings is 1. The van der Waals surface area contributed by atoms with Crippen molar-refractivity contribution in [3.8, 4) is 11.5 Å². The van der Waals surface area contributed by atoms with Gasteiger partial charge in [-0.15, -0.1) is 0 Å². The summed E-state index contributed by atoms with van der Waals surface area (Å²) in [5, 5.41) is 2.80. The van der Waals surface area contributed by atoms with E-state index in [9.17, 15) is 4.79 Å². The van der Waals surface area contributed by atoms with Gasteiger partial charge in [-0.3, -0.25) is 4.79 Å². The minimum Gasteiger partial charge on any atom is -0.485 e. The minimum absolute atomic E-state index is 0.105. The molecule has 0 aliphatic carbocycles. The van der Waals surface area contributed by atoms with Gasteiger partial charge in [0.15, 0.2) is 11.5 Å². The second kappa shape index (κ2) is 4.43. The Morgan fingerprint density at radius 3 is 2.75 bits per heavy atom. The molecule has 0 saturated heterocycles. The first kappa shape index (κ1) is 10.8. The lowest BCUT2D eigenvalue weighted by molar-refractivity contribution is -0.130. The van der Waals surface area contributed by atoms with Crippen LogP contribution in [0.4, 0.5) is 0 Å². The number of rotatable bonds is 2. The van der Waals surface area contributed by atoms with Crippen molar-refractivity contribution in [1.29, 1.82) is 0 Å². The third-order valence-electron chi connectivity index (χ3n) is 2.23. The average Bonchev–Trinajstić information content (AvgIpc) is 2.27. The van der Waals surface area contributed by atoms with Crippen LogP contribution < -0.4 is 14.8 Å². The molecule has 0 saturated carbocycles. The second-order valence-corrected chi connectivity index (χ2v) is 4.03. The quantitative estimate of drug-likeness (QED) is 0.820. The highest BCUT2D eigenvalue weighted by Gasteiger charge is 2.27. The highest BCUT2D eigenvalue weighted by atomic mass is 16.6. The van der Waals surface area contributed by atoms with Gasteiger partial charge in [-0.25, -0.2) is 0 Å². The SMILES string of the molecule is CC(C)NC(=O)[C@@H]1COc2ccccc2O1. The van der Waals surface area contributed by atoms with Crippen molar-refractivity contribution in [1.82, 2.24) is 5.32 Å². The van der Waals surface area contributed by atoms with E-state index in [1.165, 1.54) is 0 Å². The Labute approximate surface area is 94.6 Å². The fourth-order valence-corrected chi connectivity index (χ4v) is 1.53. The van der Waals surface area contributed by atoms with Crippen LogP contribution in [0.1, 0.15) is 13.8 Å². The molecule has 1 aliphatic rings. The smallest absolute Gasteiger partial charge is 0.264 e. The van der Waals surface area contributed by atoms with Crippen LogP contribution in [0.2, 0.25) is 0 Å². The van der Waals surface area contributed by atoms with Crippen LogP contribution in [0.25, 0.3) is 0 Å². The van der Waals surface area contributed by atoms with Crippen LogP contribution in [0, 0.1) is 0 Å². The van der Waals surface area contributed by atoms with E-state index in [4.69, 9.17) is 9.47 Å².